The molecule has 2 amide bonds. The standard InChI is InChI=1S/C29H24N2O4S/c1-19-17-21(18-27-28(32)31(29(33)36-27)22-7-5-4-6-8-22)20(2)30(19)23-9-11-25(12-10-23)35-26-15-13-24(34-3)14-16-26/h4-18H,1-3H3/b27-18-. The third kappa shape index (κ3) is 4.53. The summed E-state index contributed by atoms with van der Waals surface area (Å²) in [6, 6.07) is 26.3. The molecule has 1 saturated heterocycles. The van der Waals surface area contributed by atoms with Crippen LogP contribution in [-0.4, -0.2) is 22.8 Å². The van der Waals surface area contributed by atoms with E-state index in [4.69, 9.17) is 9.47 Å². The lowest BCUT2D eigenvalue weighted by Crippen LogP contribution is -2.27. The van der Waals surface area contributed by atoms with Crippen molar-refractivity contribution in [2.75, 3.05) is 12.0 Å². The monoisotopic (exact) mass is 496 g/mol. The topological polar surface area (TPSA) is 60.8 Å². The van der Waals surface area contributed by atoms with Crippen LogP contribution in [0.25, 0.3) is 11.8 Å². The summed E-state index contributed by atoms with van der Waals surface area (Å²) >= 11 is 0.961. The van der Waals surface area contributed by atoms with E-state index in [1.54, 1.807) is 25.3 Å². The van der Waals surface area contributed by atoms with Crippen LogP contribution in [0.5, 0.6) is 17.2 Å². The van der Waals surface area contributed by atoms with Crippen molar-refractivity contribution in [3.05, 3.63) is 107 Å². The number of hydrogen-bond donors (Lipinski definition) is 0. The average Bonchev–Trinajstić information content (AvgIpc) is 3.33. The lowest BCUT2D eigenvalue weighted by molar-refractivity contribution is -0.113. The summed E-state index contributed by atoms with van der Waals surface area (Å²) in [6.07, 6.45) is 1.80. The molecule has 180 valence electrons. The first-order valence-corrected chi connectivity index (χ1v) is 12.2. The minimum atomic E-state index is -0.305. The zero-order valence-electron chi connectivity index (χ0n) is 20.1. The number of methoxy groups -OCH3 is 1. The van der Waals surface area contributed by atoms with E-state index in [-0.39, 0.29) is 11.1 Å². The molecule has 2 heterocycles. The van der Waals surface area contributed by atoms with E-state index in [2.05, 4.69) is 4.57 Å². The van der Waals surface area contributed by atoms with Gasteiger partial charge in [0.2, 0.25) is 0 Å². The van der Waals surface area contributed by atoms with Gasteiger partial charge in [-0.05, 0) is 104 Å². The van der Waals surface area contributed by atoms with E-state index in [0.29, 0.717) is 10.6 Å². The van der Waals surface area contributed by atoms with Gasteiger partial charge in [0.1, 0.15) is 17.2 Å². The van der Waals surface area contributed by atoms with Crippen LogP contribution < -0.4 is 14.4 Å². The van der Waals surface area contributed by atoms with E-state index < -0.39 is 0 Å². The van der Waals surface area contributed by atoms with Gasteiger partial charge < -0.3 is 14.0 Å². The first-order chi connectivity index (χ1) is 17.4. The Morgan fingerprint density at radius 3 is 2.03 bits per heavy atom. The second kappa shape index (κ2) is 9.79. The minimum Gasteiger partial charge on any atom is -0.497 e. The molecule has 36 heavy (non-hydrogen) atoms. The predicted molar refractivity (Wildman–Crippen MR) is 143 cm³/mol. The molecule has 0 saturated carbocycles. The van der Waals surface area contributed by atoms with Crippen LogP contribution >= 0.6 is 11.8 Å². The molecule has 0 spiro atoms. The Balaban J connectivity index is 1.38. The van der Waals surface area contributed by atoms with E-state index in [1.807, 2.05) is 86.6 Å². The number of aromatic nitrogens is 1. The van der Waals surface area contributed by atoms with Crippen molar-refractivity contribution >= 4 is 34.7 Å². The van der Waals surface area contributed by atoms with Crippen molar-refractivity contribution in [1.29, 1.82) is 0 Å². The molecule has 0 N–H and O–H groups in total. The normalized spacial score (nSPS) is 14.5. The number of anilines is 1. The number of amides is 2. The number of benzene rings is 3. The van der Waals surface area contributed by atoms with Crippen molar-refractivity contribution in [3.8, 4) is 22.9 Å². The molecule has 0 unspecified atom stereocenters. The van der Waals surface area contributed by atoms with E-state index in [1.165, 1.54) is 4.90 Å². The quantitative estimate of drug-likeness (QED) is 0.266. The molecular formula is C29H24N2O4S. The Hall–Kier alpha value is -4.23. The van der Waals surface area contributed by atoms with E-state index in [9.17, 15) is 9.59 Å². The summed E-state index contributed by atoms with van der Waals surface area (Å²) in [5, 5.41) is -0.293. The highest BCUT2D eigenvalue weighted by Crippen LogP contribution is 2.36. The van der Waals surface area contributed by atoms with Crippen molar-refractivity contribution in [1.82, 2.24) is 4.57 Å². The first-order valence-electron chi connectivity index (χ1n) is 11.4. The highest BCUT2D eigenvalue weighted by molar-refractivity contribution is 8.19. The predicted octanol–water partition coefficient (Wildman–Crippen LogP) is 7.14. The van der Waals surface area contributed by atoms with Gasteiger partial charge >= 0.3 is 0 Å². The molecule has 4 aromatic rings. The van der Waals surface area contributed by atoms with Crippen molar-refractivity contribution in [3.63, 3.8) is 0 Å². The fourth-order valence-electron chi connectivity index (χ4n) is 4.18. The van der Waals surface area contributed by atoms with Crippen LogP contribution in [0, 0.1) is 13.8 Å². The summed E-state index contributed by atoms with van der Waals surface area (Å²) in [4.78, 5) is 27.2. The van der Waals surface area contributed by atoms with Crippen LogP contribution in [-0.2, 0) is 4.79 Å². The third-order valence-electron chi connectivity index (χ3n) is 5.96. The smallest absolute Gasteiger partial charge is 0.298 e. The Kier molecular flexibility index (Phi) is 6.40. The van der Waals surface area contributed by atoms with Gasteiger partial charge in [0, 0.05) is 17.1 Å². The summed E-state index contributed by atoms with van der Waals surface area (Å²) in [6.45, 7) is 4.02. The number of hydrogen-bond acceptors (Lipinski definition) is 5. The highest BCUT2D eigenvalue weighted by atomic mass is 32.2. The third-order valence-corrected chi connectivity index (χ3v) is 6.82. The van der Waals surface area contributed by atoms with Crippen molar-refractivity contribution in [2.45, 2.75) is 13.8 Å². The summed E-state index contributed by atoms with van der Waals surface area (Å²) in [5.41, 5.74) is 4.44. The van der Waals surface area contributed by atoms with Gasteiger partial charge in [-0.25, -0.2) is 4.90 Å². The van der Waals surface area contributed by atoms with Gasteiger partial charge in [0.15, 0.2) is 0 Å². The second-order valence-corrected chi connectivity index (χ2v) is 9.28. The first kappa shape index (κ1) is 23.5. The van der Waals surface area contributed by atoms with Gasteiger partial charge in [-0.3, -0.25) is 9.59 Å². The molecule has 1 aliphatic rings. The second-order valence-electron chi connectivity index (χ2n) is 8.29. The van der Waals surface area contributed by atoms with Crippen LogP contribution in [0.15, 0.2) is 89.8 Å². The van der Waals surface area contributed by atoms with E-state index in [0.717, 1.165) is 51.6 Å². The minimum absolute atomic E-state index is 0.293. The molecule has 1 aliphatic heterocycles. The highest BCUT2D eigenvalue weighted by Gasteiger charge is 2.36. The fraction of sp³-hybridized carbons (Fsp3) is 0.103. The zero-order chi connectivity index (χ0) is 25.2. The molecule has 5 rings (SSSR count). The van der Waals surface area contributed by atoms with Crippen LogP contribution in [0.1, 0.15) is 17.0 Å². The van der Waals surface area contributed by atoms with Gasteiger partial charge in [-0.15, -0.1) is 0 Å². The maximum Gasteiger partial charge on any atom is 0.298 e. The Morgan fingerprint density at radius 1 is 0.778 bits per heavy atom. The van der Waals surface area contributed by atoms with Crippen molar-refractivity contribution < 1.29 is 19.1 Å². The molecule has 0 radical (unpaired) electrons. The van der Waals surface area contributed by atoms with Gasteiger partial charge in [0.25, 0.3) is 11.1 Å². The summed E-state index contributed by atoms with van der Waals surface area (Å²) in [7, 11) is 1.63. The molecule has 1 fully saturated rings. The Morgan fingerprint density at radius 2 is 1.39 bits per heavy atom. The SMILES string of the molecule is COc1ccc(Oc2ccc(-n3c(C)cc(/C=C4\SC(=O)N(c5ccccc5)C4=O)c3C)cc2)cc1. The van der Waals surface area contributed by atoms with Crippen LogP contribution in [0.4, 0.5) is 10.5 Å². The molecule has 0 aliphatic carbocycles. The number of para-hydroxylation sites is 1. The lowest BCUT2D eigenvalue weighted by Gasteiger charge is -2.12. The number of carbonyl (C=O) groups is 2. The molecule has 3 aromatic carbocycles. The summed E-state index contributed by atoms with van der Waals surface area (Å²) in [5.74, 6) is 1.92. The molecule has 6 nitrogen and oxygen atoms in total. The molecular weight excluding hydrogens is 472 g/mol. The van der Waals surface area contributed by atoms with Crippen LogP contribution in [0.2, 0.25) is 0 Å². The number of thioether (sulfide) groups is 1. The van der Waals surface area contributed by atoms with Gasteiger partial charge in [-0.1, -0.05) is 18.2 Å². The largest absolute Gasteiger partial charge is 0.497 e. The average molecular weight is 497 g/mol. The summed E-state index contributed by atoms with van der Waals surface area (Å²) < 4.78 is 13.2. The van der Waals surface area contributed by atoms with Gasteiger partial charge in [-0.2, -0.15) is 0 Å². The molecule has 0 bridgehead atoms. The lowest BCUT2D eigenvalue weighted by atomic mass is 10.2. The maximum absolute atomic E-state index is 13.0. The van der Waals surface area contributed by atoms with E-state index >= 15 is 0 Å². The zero-order valence-corrected chi connectivity index (χ0v) is 20.9. The van der Waals surface area contributed by atoms with Crippen LogP contribution in [0.3, 0.4) is 0 Å². The number of imide groups is 1. The Bertz CT molecular complexity index is 1460. The number of rotatable bonds is 6. The number of carbonyl (C=O) groups excluding carboxylic acids is 2. The number of aryl methyl sites for hydroxylation is 1. The molecule has 7 heteroatoms. The fourth-order valence-corrected chi connectivity index (χ4v) is 5.02. The molecule has 0 atom stereocenters. The Labute approximate surface area is 213 Å². The number of ether oxygens (including phenoxy) is 2. The maximum atomic E-state index is 13.0. The number of nitrogens with zero attached hydrogens (tertiary/aromatic N) is 2. The van der Waals surface area contributed by atoms with Gasteiger partial charge in [0.05, 0.1) is 17.7 Å². The molecule has 1 aromatic heterocycles. The van der Waals surface area contributed by atoms with Crippen molar-refractivity contribution in [2.24, 2.45) is 0 Å².